The second-order valence-electron chi connectivity index (χ2n) is 6.15. The normalized spacial score (nSPS) is 20.0. The molecule has 3 heterocycles. The first-order valence-electron chi connectivity index (χ1n) is 8.16. The molecule has 4 rings (SSSR count). The molecule has 0 aliphatic carbocycles. The Balaban J connectivity index is 1.87. The molecule has 0 amide bonds. The van der Waals surface area contributed by atoms with Gasteiger partial charge >= 0.3 is 0 Å². The van der Waals surface area contributed by atoms with E-state index in [2.05, 4.69) is 14.9 Å². The van der Waals surface area contributed by atoms with Gasteiger partial charge in [0.2, 0.25) is 0 Å². The highest BCUT2D eigenvalue weighted by molar-refractivity contribution is 7.16. The van der Waals surface area contributed by atoms with Gasteiger partial charge in [-0.3, -0.25) is 9.88 Å². The van der Waals surface area contributed by atoms with Crippen LogP contribution in [0.1, 0.15) is 24.2 Å². The molecule has 0 bridgehead atoms. The molecule has 0 saturated carbocycles. The molecule has 1 aliphatic rings. The standard InChI is InChI=1S/C18H18FN3O2S/c1-11-9-22(7-8-24-11)17(15-13(19)3-2-6-20-15)12-4-5-14-16(18(12)23)21-10-25-14/h2-6,10-11,17,23H,7-9H2,1H3. The molecule has 1 fully saturated rings. The predicted molar refractivity (Wildman–Crippen MR) is 94.3 cm³/mol. The third-order valence-corrected chi connectivity index (χ3v) is 5.28. The molecule has 2 aromatic heterocycles. The number of morpholine rings is 1. The summed E-state index contributed by atoms with van der Waals surface area (Å²) in [4.78, 5) is 10.6. The molecule has 2 unspecified atom stereocenters. The number of hydrogen-bond donors (Lipinski definition) is 1. The molecular weight excluding hydrogens is 341 g/mol. The van der Waals surface area contributed by atoms with Crippen LogP contribution >= 0.6 is 11.3 Å². The van der Waals surface area contributed by atoms with Crippen LogP contribution in [0.15, 0.2) is 36.0 Å². The fourth-order valence-electron chi connectivity index (χ4n) is 3.35. The van der Waals surface area contributed by atoms with Crippen LogP contribution in [0.2, 0.25) is 0 Å². The number of hydrogen-bond acceptors (Lipinski definition) is 6. The molecule has 130 valence electrons. The molecule has 25 heavy (non-hydrogen) atoms. The number of phenols is 1. The van der Waals surface area contributed by atoms with E-state index in [4.69, 9.17) is 4.74 Å². The lowest BCUT2D eigenvalue weighted by Crippen LogP contribution is -2.44. The number of phenolic OH excluding ortho intramolecular Hbond substituents is 1. The van der Waals surface area contributed by atoms with Crippen LogP contribution in [0.4, 0.5) is 4.39 Å². The summed E-state index contributed by atoms with van der Waals surface area (Å²) in [5.74, 6) is -0.294. The number of aromatic nitrogens is 2. The first kappa shape index (κ1) is 16.4. The SMILES string of the molecule is CC1CN(C(c2ccc3scnc3c2O)c2ncccc2F)CCO1. The average Bonchev–Trinajstić information content (AvgIpc) is 3.08. The van der Waals surface area contributed by atoms with Crippen LogP contribution in [-0.4, -0.2) is 45.8 Å². The van der Waals surface area contributed by atoms with E-state index in [-0.39, 0.29) is 17.7 Å². The van der Waals surface area contributed by atoms with Crippen molar-refractivity contribution in [2.75, 3.05) is 19.7 Å². The Labute approximate surface area is 148 Å². The summed E-state index contributed by atoms with van der Waals surface area (Å²) in [6.45, 7) is 3.82. The van der Waals surface area contributed by atoms with E-state index < -0.39 is 6.04 Å². The highest BCUT2D eigenvalue weighted by Gasteiger charge is 2.32. The summed E-state index contributed by atoms with van der Waals surface area (Å²) in [6.07, 6.45) is 1.61. The fraction of sp³-hybridized carbons (Fsp3) is 0.333. The van der Waals surface area contributed by atoms with Gasteiger partial charge in [0.1, 0.15) is 17.1 Å². The zero-order valence-electron chi connectivity index (χ0n) is 13.7. The molecule has 5 nitrogen and oxygen atoms in total. The molecule has 1 saturated heterocycles. The van der Waals surface area contributed by atoms with Crippen LogP contribution in [0.25, 0.3) is 10.2 Å². The second-order valence-corrected chi connectivity index (χ2v) is 7.04. The van der Waals surface area contributed by atoms with Crippen molar-refractivity contribution in [1.29, 1.82) is 0 Å². The third kappa shape index (κ3) is 2.99. The van der Waals surface area contributed by atoms with E-state index in [9.17, 15) is 9.50 Å². The highest BCUT2D eigenvalue weighted by Crippen LogP contribution is 2.39. The van der Waals surface area contributed by atoms with Crippen molar-refractivity contribution in [3.05, 3.63) is 53.0 Å². The molecule has 1 N–H and O–H groups in total. The third-order valence-electron chi connectivity index (χ3n) is 4.49. The van der Waals surface area contributed by atoms with Crippen molar-refractivity contribution in [2.45, 2.75) is 19.1 Å². The topological polar surface area (TPSA) is 58.5 Å². The molecule has 2 atom stereocenters. The molecule has 0 radical (unpaired) electrons. The van der Waals surface area contributed by atoms with Crippen LogP contribution in [0.5, 0.6) is 5.75 Å². The molecule has 1 aromatic carbocycles. The zero-order chi connectivity index (χ0) is 17.4. The summed E-state index contributed by atoms with van der Waals surface area (Å²) in [6, 6.07) is 6.24. The minimum Gasteiger partial charge on any atom is -0.505 e. The fourth-order valence-corrected chi connectivity index (χ4v) is 4.03. The lowest BCUT2D eigenvalue weighted by Gasteiger charge is -2.37. The number of rotatable bonds is 3. The van der Waals surface area contributed by atoms with Crippen molar-refractivity contribution >= 4 is 21.6 Å². The van der Waals surface area contributed by atoms with Crippen molar-refractivity contribution in [3.8, 4) is 5.75 Å². The average molecular weight is 359 g/mol. The first-order chi connectivity index (χ1) is 12.1. The Morgan fingerprint density at radius 1 is 1.36 bits per heavy atom. The first-order valence-corrected chi connectivity index (χ1v) is 9.04. The Kier molecular flexibility index (Phi) is 4.37. The number of aromatic hydroxyl groups is 1. The Hall–Kier alpha value is -2.09. The molecule has 3 aromatic rings. The smallest absolute Gasteiger partial charge is 0.147 e. The monoisotopic (exact) mass is 359 g/mol. The van der Waals surface area contributed by atoms with Gasteiger partial charge in [-0.05, 0) is 25.1 Å². The van der Waals surface area contributed by atoms with Crippen molar-refractivity contribution in [2.24, 2.45) is 0 Å². The zero-order valence-corrected chi connectivity index (χ0v) is 14.5. The lowest BCUT2D eigenvalue weighted by molar-refractivity contribution is -0.0300. The van der Waals surface area contributed by atoms with Crippen molar-refractivity contribution < 1.29 is 14.2 Å². The van der Waals surface area contributed by atoms with Crippen molar-refractivity contribution in [1.82, 2.24) is 14.9 Å². The maximum Gasteiger partial charge on any atom is 0.147 e. The van der Waals surface area contributed by atoms with Crippen LogP contribution < -0.4 is 0 Å². The van der Waals surface area contributed by atoms with Gasteiger partial charge in [-0.15, -0.1) is 11.3 Å². The Bertz CT molecular complexity index is 901. The van der Waals surface area contributed by atoms with Gasteiger partial charge in [-0.1, -0.05) is 6.07 Å². The van der Waals surface area contributed by atoms with Gasteiger partial charge in [0.05, 0.1) is 34.7 Å². The van der Waals surface area contributed by atoms with Gasteiger partial charge in [0.15, 0.2) is 0 Å². The number of nitrogens with zero attached hydrogens (tertiary/aromatic N) is 3. The van der Waals surface area contributed by atoms with Crippen LogP contribution in [0, 0.1) is 5.82 Å². The summed E-state index contributed by atoms with van der Waals surface area (Å²) < 4.78 is 21.1. The van der Waals surface area contributed by atoms with Gasteiger partial charge in [0, 0.05) is 24.8 Å². The van der Waals surface area contributed by atoms with E-state index in [0.717, 1.165) is 4.70 Å². The van der Waals surface area contributed by atoms with Gasteiger partial charge in [-0.2, -0.15) is 0 Å². The summed E-state index contributed by atoms with van der Waals surface area (Å²) in [5.41, 5.74) is 3.16. The van der Waals surface area contributed by atoms with Crippen LogP contribution in [-0.2, 0) is 4.74 Å². The Morgan fingerprint density at radius 2 is 2.24 bits per heavy atom. The summed E-state index contributed by atoms with van der Waals surface area (Å²) in [7, 11) is 0. The molecule has 1 aliphatic heterocycles. The molecule has 0 spiro atoms. The maximum absolute atomic E-state index is 14.5. The number of pyridine rings is 1. The van der Waals surface area contributed by atoms with Crippen LogP contribution in [0.3, 0.4) is 0 Å². The maximum atomic E-state index is 14.5. The van der Waals surface area contributed by atoms with Crippen molar-refractivity contribution in [3.63, 3.8) is 0 Å². The van der Waals surface area contributed by atoms with E-state index in [1.54, 1.807) is 17.8 Å². The number of fused-ring (bicyclic) bond motifs is 1. The second kappa shape index (κ2) is 6.67. The largest absolute Gasteiger partial charge is 0.505 e. The summed E-state index contributed by atoms with van der Waals surface area (Å²) >= 11 is 1.46. The van der Waals surface area contributed by atoms with Gasteiger partial charge < -0.3 is 9.84 Å². The number of benzene rings is 1. The number of halogens is 1. The van der Waals surface area contributed by atoms with Gasteiger partial charge in [-0.25, -0.2) is 9.37 Å². The van der Waals surface area contributed by atoms with Gasteiger partial charge in [0.25, 0.3) is 0 Å². The highest BCUT2D eigenvalue weighted by atomic mass is 32.1. The predicted octanol–water partition coefficient (Wildman–Crippen LogP) is 3.35. The van der Waals surface area contributed by atoms with E-state index in [1.165, 1.54) is 17.4 Å². The van der Waals surface area contributed by atoms with E-state index in [0.29, 0.717) is 36.5 Å². The molecular formula is C18H18FN3O2S. The van der Waals surface area contributed by atoms with E-state index >= 15 is 0 Å². The molecule has 7 heteroatoms. The van der Waals surface area contributed by atoms with E-state index in [1.807, 2.05) is 19.1 Å². The lowest BCUT2D eigenvalue weighted by atomic mass is 9.98. The minimum absolute atomic E-state index is 0.0353. The number of thiazole rings is 1. The quantitative estimate of drug-likeness (QED) is 0.777. The Morgan fingerprint density at radius 3 is 3.04 bits per heavy atom. The number of ether oxygens (including phenoxy) is 1. The minimum atomic E-state index is -0.487. The summed E-state index contributed by atoms with van der Waals surface area (Å²) in [5, 5.41) is 10.8.